The van der Waals surface area contributed by atoms with E-state index in [0.29, 0.717) is 17.0 Å². The Kier molecular flexibility index (Phi) is 8.89. The number of hydrogen-bond donors (Lipinski definition) is 4. The SMILES string of the molecule is CS(=O)(=O)Nc1ccc(C(=O)NCCSc2nonc2C(=Nc2ccc(F)c(C(F)F)c2)NO)cc1. The summed E-state index contributed by atoms with van der Waals surface area (Å²) in [6.07, 6.45) is -2.04. The Morgan fingerprint density at radius 3 is 2.56 bits per heavy atom. The van der Waals surface area contributed by atoms with Crippen LogP contribution in [0.1, 0.15) is 28.0 Å². The number of alkyl halides is 2. The van der Waals surface area contributed by atoms with Gasteiger partial charge in [-0.3, -0.25) is 20.2 Å². The molecule has 11 nitrogen and oxygen atoms in total. The molecule has 36 heavy (non-hydrogen) atoms. The first kappa shape index (κ1) is 27.0. The van der Waals surface area contributed by atoms with Gasteiger partial charge in [0.25, 0.3) is 12.3 Å². The summed E-state index contributed by atoms with van der Waals surface area (Å²) in [6.45, 7) is 0.188. The number of amides is 1. The zero-order valence-electron chi connectivity index (χ0n) is 18.4. The van der Waals surface area contributed by atoms with Gasteiger partial charge in [-0.05, 0) is 52.8 Å². The Bertz CT molecular complexity index is 1350. The van der Waals surface area contributed by atoms with E-state index in [0.717, 1.165) is 36.2 Å². The summed E-state index contributed by atoms with van der Waals surface area (Å²) in [6, 6.07) is 8.61. The van der Waals surface area contributed by atoms with Crippen molar-refractivity contribution in [3.63, 3.8) is 0 Å². The highest BCUT2D eigenvalue weighted by Crippen LogP contribution is 2.27. The monoisotopic (exact) mass is 544 g/mol. The van der Waals surface area contributed by atoms with Gasteiger partial charge in [-0.15, -0.1) is 0 Å². The number of amidine groups is 1. The number of halogens is 3. The summed E-state index contributed by atoms with van der Waals surface area (Å²) in [5, 5.41) is 19.6. The van der Waals surface area contributed by atoms with Crippen LogP contribution in [0.5, 0.6) is 0 Å². The molecule has 0 radical (unpaired) electrons. The zero-order chi connectivity index (χ0) is 26.3. The van der Waals surface area contributed by atoms with Gasteiger partial charge in [-0.2, -0.15) is 0 Å². The first-order valence-electron chi connectivity index (χ1n) is 9.95. The predicted molar refractivity (Wildman–Crippen MR) is 125 cm³/mol. The average molecular weight is 545 g/mol. The van der Waals surface area contributed by atoms with Gasteiger partial charge >= 0.3 is 0 Å². The quantitative estimate of drug-likeness (QED) is 0.0989. The summed E-state index contributed by atoms with van der Waals surface area (Å²) >= 11 is 1.09. The fraction of sp³-hybridized carbons (Fsp3) is 0.200. The minimum atomic E-state index is -3.43. The first-order valence-corrected chi connectivity index (χ1v) is 12.8. The normalized spacial score (nSPS) is 12.0. The second kappa shape index (κ2) is 11.9. The topological polar surface area (TPSA) is 159 Å². The summed E-state index contributed by atoms with van der Waals surface area (Å²) in [7, 11) is -3.43. The van der Waals surface area contributed by atoms with E-state index >= 15 is 0 Å². The molecule has 0 unspecified atom stereocenters. The molecule has 1 amide bonds. The van der Waals surface area contributed by atoms with Crippen molar-refractivity contribution in [3.05, 3.63) is 65.1 Å². The van der Waals surface area contributed by atoms with Crippen molar-refractivity contribution in [1.29, 1.82) is 0 Å². The van der Waals surface area contributed by atoms with Crippen LogP contribution < -0.4 is 15.5 Å². The molecule has 0 bridgehead atoms. The van der Waals surface area contributed by atoms with Crippen molar-refractivity contribution in [2.24, 2.45) is 4.99 Å². The number of thioether (sulfide) groups is 1. The van der Waals surface area contributed by atoms with E-state index in [1.807, 2.05) is 0 Å². The lowest BCUT2D eigenvalue weighted by atomic mass is 10.2. The summed E-state index contributed by atoms with van der Waals surface area (Å²) < 4.78 is 68.8. The molecule has 16 heteroatoms. The maximum absolute atomic E-state index is 13.5. The Morgan fingerprint density at radius 2 is 1.92 bits per heavy atom. The van der Waals surface area contributed by atoms with E-state index in [-0.39, 0.29) is 28.8 Å². The molecule has 3 rings (SSSR count). The number of hydrogen-bond acceptors (Lipinski definition) is 9. The van der Waals surface area contributed by atoms with E-state index < -0.39 is 33.7 Å². The molecule has 0 saturated heterocycles. The van der Waals surface area contributed by atoms with Crippen molar-refractivity contribution >= 4 is 44.9 Å². The molecule has 0 fully saturated rings. The second-order valence-electron chi connectivity index (χ2n) is 7.05. The lowest BCUT2D eigenvalue weighted by Crippen LogP contribution is -2.26. The van der Waals surface area contributed by atoms with Gasteiger partial charge in [0.1, 0.15) is 5.82 Å². The molecule has 4 N–H and O–H groups in total. The van der Waals surface area contributed by atoms with Crippen molar-refractivity contribution in [2.45, 2.75) is 11.5 Å². The number of aliphatic imine (C=N–C) groups is 1. The molecule has 0 saturated carbocycles. The van der Waals surface area contributed by atoms with Crippen molar-refractivity contribution < 1.29 is 36.2 Å². The van der Waals surface area contributed by atoms with Crippen LogP contribution in [0.4, 0.5) is 24.5 Å². The Hall–Kier alpha value is -3.63. The Morgan fingerprint density at radius 1 is 1.19 bits per heavy atom. The van der Waals surface area contributed by atoms with Gasteiger partial charge < -0.3 is 5.32 Å². The molecule has 0 spiro atoms. The number of benzene rings is 2. The maximum atomic E-state index is 13.5. The molecule has 1 heterocycles. The first-order chi connectivity index (χ1) is 17.1. The van der Waals surface area contributed by atoms with Gasteiger partial charge in [0.2, 0.25) is 10.0 Å². The van der Waals surface area contributed by atoms with E-state index in [1.165, 1.54) is 24.3 Å². The summed E-state index contributed by atoms with van der Waals surface area (Å²) in [4.78, 5) is 16.2. The standard InChI is InChI=1S/C20H19F3N6O5S2/c1-36(32,33)29-12-4-2-11(3-5-12)19(30)24-8-9-35-20-16(27-34-28-20)18(26-31)25-13-6-7-15(21)14(10-13)17(22)23/h2-7,10,17,29,31H,8-9H2,1H3,(H,24,30)(H,25,26). The van der Waals surface area contributed by atoms with E-state index in [2.05, 4.69) is 30.0 Å². The van der Waals surface area contributed by atoms with E-state index in [1.54, 1.807) is 5.48 Å². The molecule has 3 aromatic rings. The fourth-order valence-electron chi connectivity index (χ4n) is 2.77. The molecule has 1 aromatic heterocycles. The molecular weight excluding hydrogens is 525 g/mol. The summed E-state index contributed by atoms with van der Waals surface area (Å²) in [5.74, 6) is -1.47. The second-order valence-corrected chi connectivity index (χ2v) is 9.88. The lowest BCUT2D eigenvalue weighted by molar-refractivity contribution is 0.0956. The summed E-state index contributed by atoms with van der Waals surface area (Å²) in [5.41, 5.74) is 1.45. The minimum Gasteiger partial charge on any atom is -0.351 e. The Labute approximate surface area is 207 Å². The van der Waals surface area contributed by atoms with Crippen LogP contribution in [0.15, 0.2) is 57.1 Å². The van der Waals surface area contributed by atoms with Gasteiger partial charge in [-0.25, -0.2) is 31.2 Å². The van der Waals surface area contributed by atoms with Crippen LogP contribution >= 0.6 is 11.8 Å². The van der Waals surface area contributed by atoms with Gasteiger partial charge in [0.15, 0.2) is 16.6 Å². The number of nitrogens with zero attached hydrogens (tertiary/aromatic N) is 3. The van der Waals surface area contributed by atoms with Crippen LogP contribution in [-0.2, 0) is 10.0 Å². The smallest absolute Gasteiger partial charge is 0.266 e. The largest absolute Gasteiger partial charge is 0.351 e. The third kappa shape index (κ3) is 7.43. The van der Waals surface area contributed by atoms with Crippen LogP contribution in [0.3, 0.4) is 0 Å². The zero-order valence-corrected chi connectivity index (χ0v) is 20.0. The highest BCUT2D eigenvalue weighted by Gasteiger charge is 2.19. The predicted octanol–water partition coefficient (Wildman–Crippen LogP) is 3.10. The molecule has 192 valence electrons. The van der Waals surface area contributed by atoms with Crippen molar-refractivity contribution in [1.82, 2.24) is 21.1 Å². The van der Waals surface area contributed by atoms with Crippen molar-refractivity contribution in [2.75, 3.05) is 23.3 Å². The number of rotatable bonds is 10. The van der Waals surface area contributed by atoms with Gasteiger partial charge in [-0.1, -0.05) is 11.8 Å². The van der Waals surface area contributed by atoms with Crippen LogP contribution in [0.2, 0.25) is 0 Å². The molecule has 2 aromatic carbocycles. The average Bonchev–Trinajstić information content (AvgIpc) is 3.28. The number of carbonyl (C=O) groups is 1. The lowest BCUT2D eigenvalue weighted by Gasteiger charge is -2.07. The molecule has 0 atom stereocenters. The molecule has 0 aliphatic heterocycles. The van der Waals surface area contributed by atoms with Crippen LogP contribution in [0, 0.1) is 5.82 Å². The number of aromatic nitrogens is 2. The molecule has 0 aliphatic carbocycles. The number of carbonyl (C=O) groups excluding carboxylic acids is 1. The third-order valence-electron chi connectivity index (χ3n) is 4.32. The van der Waals surface area contributed by atoms with Gasteiger partial charge in [0.05, 0.1) is 17.5 Å². The van der Waals surface area contributed by atoms with Crippen LogP contribution in [0.25, 0.3) is 0 Å². The van der Waals surface area contributed by atoms with Crippen molar-refractivity contribution in [3.8, 4) is 0 Å². The van der Waals surface area contributed by atoms with Gasteiger partial charge in [0, 0.05) is 23.5 Å². The maximum Gasteiger partial charge on any atom is 0.266 e. The van der Waals surface area contributed by atoms with E-state index in [4.69, 9.17) is 0 Å². The molecule has 0 aliphatic rings. The fourth-order valence-corrected chi connectivity index (χ4v) is 4.08. The number of hydroxylamine groups is 1. The third-order valence-corrected chi connectivity index (χ3v) is 5.88. The van der Waals surface area contributed by atoms with Crippen LogP contribution in [-0.4, -0.2) is 54.2 Å². The number of sulfonamides is 1. The highest BCUT2D eigenvalue weighted by molar-refractivity contribution is 7.99. The number of anilines is 1. The van der Waals surface area contributed by atoms with E-state index in [9.17, 15) is 31.6 Å². The Balaban J connectivity index is 1.60. The minimum absolute atomic E-state index is 0.0364. The number of nitrogens with one attached hydrogen (secondary N) is 3. The highest BCUT2D eigenvalue weighted by atomic mass is 32.2. The molecular formula is C20H19F3N6O5S2.